The number of hydrogen-bond acceptors (Lipinski definition) is 4. The summed E-state index contributed by atoms with van der Waals surface area (Å²) in [4.78, 5) is 25.8. The molecule has 138 valence electrons. The van der Waals surface area contributed by atoms with Gasteiger partial charge in [-0.1, -0.05) is 18.5 Å². The Hall–Kier alpha value is -2.12. The van der Waals surface area contributed by atoms with Crippen LogP contribution >= 0.6 is 22.9 Å². The van der Waals surface area contributed by atoms with Crippen molar-refractivity contribution in [2.45, 2.75) is 26.2 Å². The third kappa shape index (κ3) is 4.53. The summed E-state index contributed by atoms with van der Waals surface area (Å²) >= 11 is 7.28. The number of ether oxygens (including phenoxy) is 1. The van der Waals surface area contributed by atoms with E-state index in [2.05, 4.69) is 17.8 Å². The molecule has 0 aliphatic heterocycles. The first-order valence-electron chi connectivity index (χ1n) is 8.21. The lowest BCUT2D eigenvalue weighted by atomic mass is 9.90. The van der Waals surface area contributed by atoms with Crippen molar-refractivity contribution >= 4 is 34.8 Å². The quantitative estimate of drug-likeness (QED) is 0.777. The standard InChI is InChI=1S/C18H18ClFN2O3S/c1-10-2-5-15-11(6-10)7-16(26-15)18(24)22-21-17(23)9-25-14-4-3-12(20)8-13(14)19/h3-4,7-8,10H,2,5-6,9H2,1H3,(H,21,23)(H,22,24)/t10-/m0/s1. The molecule has 0 unspecified atom stereocenters. The Morgan fingerprint density at radius 3 is 2.92 bits per heavy atom. The molecule has 2 amide bonds. The van der Waals surface area contributed by atoms with Crippen molar-refractivity contribution in [3.8, 4) is 5.75 Å². The zero-order valence-corrected chi connectivity index (χ0v) is 15.7. The fraction of sp³-hybridized carbons (Fsp3) is 0.333. The van der Waals surface area contributed by atoms with E-state index in [9.17, 15) is 14.0 Å². The molecule has 1 aromatic carbocycles. The minimum atomic E-state index is -0.548. The Kier molecular flexibility index (Phi) is 5.78. The van der Waals surface area contributed by atoms with Crippen molar-refractivity contribution in [2.75, 3.05) is 6.61 Å². The number of benzene rings is 1. The number of carbonyl (C=O) groups is 2. The predicted molar refractivity (Wildman–Crippen MR) is 98.0 cm³/mol. The van der Waals surface area contributed by atoms with Gasteiger partial charge in [-0.15, -0.1) is 11.3 Å². The lowest BCUT2D eigenvalue weighted by Gasteiger charge is -2.16. The van der Waals surface area contributed by atoms with Gasteiger partial charge in [-0.3, -0.25) is 20.4 Å². The third-order valence-electron chi connectivity index (χ3n) is 4.12. The molecule has 0 radical (unpaired) electrons. The van der Waals surface area contributed by atoms with E-state index < -0.39 is 11.7 Å². The lowest BCUT2D eigenvalue weighted by Crippen LogP contribution is -2.43. The van der Waals surface area contributed by atoms with Crippen LogP contribution in [0.5, 0.6) is 5.75 Å². The van der Waals surface area contributed by atoms with Crippen molar-refractivity contribution in [1.29, 1.82) is 0 Å². The molecule has 2 aromatic rings. The second-order valence-corrected chi connectivity index (χ2v) is 7.82. The number of thiophene rings is 1. The summed E-state index contributed by atoms with van der Waals surface area (Å²) in [5, 5.41) is 0.0697. The van der Waals surface area contributed by atoms with Crippen LogP contribution in [0.15, 0.2) is 24.3 Å². The monoisotopic (exact) mass is 396 g/mol. The molecule has 5 nitrogen and oxygen atoms in total. The van der Waals surface area contributed by atoms with Gasteiger partial charge in [-0.25, -0.2) is 4.39 Å². The molecule has 2 N–H and O–H groups in total. The second-order valence-electron chi connectivity index (χ2n) is 6.27. The molecule has 0 spiro atoms. The smallest absolute Gasteiger partial charge is 0.279 e. The van der Waals surface area contributed by atoms with Gasteiger partial charge in [0.05, 0.1) is 9.90 Å². The van der Waals surface area contributed by atoms with Crippen LogP contribution < -0.4 is 15.6 Å². The number of aryl methyl sites for hydroxylation is 1. The Morgan fingerprint density at radius 1 is 1.35 bits per heavy atom. The zero-order valence-electron chi connectivity index (χ0n) is 14.1. The lowest BCUT2D eigenvalue weighted by molar-refractivity contribution is -0.123. The van der Waals surface area contributed by atoms with Crippen LogP contribution in [0.4, 0.5) is 4.39 Å². The number of carbonyl (C=O) groups excluding carboxylic acids is 2. The van der Waals surface area contributed by atoms with E-state index in [-0.39, 0.29) is 23.3 Å². The van der Waals surface area contributed by atoms with Crippen LogP contribution in [0.1, 0.15) is 33.5 Å². The molecule has 0 saturated heterocycles. The highest BCUT2D eigenvalue weighted by Crippen LogP contribution is 2.32. The van der Waals surface area contributed by atoms with Crippen LogP contribution in [0, 0.1) is 11.7 Å². The fourth-order valence-corrected chi connectivity index (χ4v) is 4.10. The number of nitrogens with one attached hydrogen (secondary N) is 2. The summed E-state index contributed by atoms with van der Waals surface area (Å²) < 4.78 is 18.2. The maximum Gasteiger partial charge on any atom is 0.279 e. The van der Waals surface area contributed by atoms with Crippen LogP contribution in [-0.4, -0.2) is 18.4 Å². The highest BCUT2D eigenvalue weighted by molar-refractivity contribution is 7.14. The minimum Gasteiger partial charge on any atom is -0.482 e. The van der Waals surface area contributed by atoms with Gasteiger partial charge in [0.15, 0.2) is 6.61 Å². The van der Waals surface area contributed by atoms with E-state index >= 15 is 0 Å². The van der Waals surface area contributed by atoms with Gasteiger partial charge >= 0.3 is 0 Å². The predicted octanol–water partition coefficient (Wildman–Crippen LogP) is 3.51. The Morgan fingerprint density at radius 2 is 2.15 bits per heavy atom. The first-order chi connectivity index (χ1) is 12.4. The molecule has 3 rings (SSSR count). The van der Waals surface area contributed by atoms with Crippen LogP contribution in [-0.2, 0) is 17.6 Å². The fourth-order valence-electron chi connectivity index (χ4n) is 2.78. The third-order valence-corrected chi connectivity index (χ3v) is 5.65. The topological polar surface area (TPSA) is 67.4 Å². The first kappa shape index (κ1) is 18.7. The van der Waals surface area contributed by atoms with Gasteiger partial charge in [-0.05, 0) is 55.0 Å². The Bertz CT molecular complexity index is 840. The van der Waals surface area contributed by atoms with Crippen LogP contribution in [0.2, 0.25) is 5.02 Å². The summed E-state index contributed by atoms with van der Waals surface area (Å²) in [5.74, 6) is -0.580. The van der Waals surface area contributed by atoms with Gasteiger partial charge in [0, 0.05) is 4.88 Å². The number of fused-ring (bicyclic) bond motifs is 1. The Labute approximate surface area is 159 Å². The van der Waals surface area contributed by atoms with E-state index in [1.807, 2.05) is 6.07 Å². The van der Waals surface area contributed by atoms with Crippen molar-refractivity contribution in [3.05, 3.63) is 50.4 Å². The molecule has 26 heavy (non-hydrogen) atoms. The van der Waals surface area contributed by atoms with E-state index in [0.717, 1.165) is 25.3 Å². The molecule has 1 aromatic heterocycles. The largest absolute Gasteiger partial charge is 0.482 e. The molecule has 1 aliphatic rings. The van der Waals surface area contributed by atoms with Crippen LogP contribution in [0.3, 0.4) is 0 Å². The van der Waals surface area contributed by atoms with Crippen molar-refractivity contribution < 1.29 is 18.7 Å². The van der Waals surface area contributed by atoms with Crippen molar-refractivity contribution in [2.24, 2.45) is 5.92 Å². The average molecular weight is 397 g/mol. The average Bonchev–Trinajstić information content (AvgIpc) is 3.02. The molecule has 0 bridgehead atoms. The Balaban J connectivity index is 1.49. The second kappa shape index (κ2) is 8.05. The highest BCUT2D eigenvalue weighted by Gasteiger charge is 2.20. The maximum atomic E-state index is 13.0. The van der Waals surface area contributed by atoms with Crippen molar-refractivity contribution in [3.63, 3.8) is 0 Å². The summed E-state index contributed by atoms with van der Waals surface area (Å²) in [5.41, 5.74) is 5.90. The number of hydrazine groups is 1. The number of hydrogen-bond donors (Lipinski definition) is 2. The molecule has 0 fully saturated rings. The molecule has 0 saturated carbocycles. The minimum absolute atomic E-state index is 0.0697. The van der Waals surface area contributed by atoms with E-state index in [1.165, 1.54) is 33.9 Å². The molecule has 1 atom stereocenters. The van der Waals surface area contributed by atoms with E-state index in [4.69, 9.17) is 16.3 Å². The normalized spacial score (nSPS) is 15.9. The molecule has 1 heterocycles. The molecular weight excluding hydrogens is 379 g/mol. The first-order valence-corrected chi connectivity index (χ1v) is 9.40. The zero-order chi connectivity index (χ0) is 18.7. The summed E-state index contributed by atoms with van der Waals surface area (Å²) in [6.45, 7) is 1.85. The molecule has 8 heteroatoms. The SMILES string of the molecule is C[C@H]1CCc2sc(C(=O)NNC(=O)COc3ccc(F)cc3Cl)cc2C1. The summed E-state index contributed by atoms with van der Waals surface area (Å²) in [6.07, 6.45) is 3.11. The highest BCUT2D eigenvalue weighted by atomic mass is 35.5. The van der Waals surface area contributed by atoms with Gasteiger partial charge in [-0.2, -0.15) is 0 Å². The van der Waals surface area contributed by atoms with Gasteiger partial charge < -0.3 is 4.74 Å². The number of rotatable bonds is 4. The summed E-state index contributed by atoms with van der Waals surface area (Å²) in [7, 11) is 0. The maximum absolute atomic E-state index is 13.0. The van der Waals surface area contributed by atoms with E-state index in [1.54, 1.807) is 0 Å². The molecular formula is C18H18ClFN2O3S. The molecule has 1 aliphatic carbocycles. The van der Waals surface area contributed by atoms with Gasteiger partial charge in [0.25, 0.3) is 11.8 Å². The summed E-state index contributed by atoms with van der Waals surface area (Å²) in [6, 6.07) is 5.50. The number of halogens is 2. The van der Waals surface area contributed by atoms with E-state index in [0.29, 0.717) is 10.8 Å². The van der Waals surface area contributed by atoms with Crippen LogP contribution in [0.25, 0.3) is 0 Å². The van der Waals surface area contributed by atoms with Gasteiger partial charge in [0.2, 0.25) is 0 Å². The van der Waals surface area contributed by atoms with Gasteiger partial charge in [0.1, 0.15) is 11.6 Å². The van der Waals surface area contributed by atoms with Crippen molar-refractivity contribution in [1.82, 2.24) is 10.9 Å². The number of amides is 2.